The van der Waals surface area contributed by atoms with Gasteiger partial charge in [0.2, 0.25) is 0 Å². The molecule has 3 rings (SSSR count). The standard InChI is InChI=1S/C16H11F3N4O2/c17-16(18,19)15-22-13(23-25-15)9-10-1-3-12(4-2-10)21-14(24)11-5-7-20-8-6-11/h1-8H,9H2,(H,21,24). The zero-order chi connectivity index (χ0) is 17.9. The van der Waals surface area contributed by atoms with Gasteiger partial charge in [0.05, 0.1) is 0 Å². The number of halogens is 3. The Bertz CT molecular complexity index is 861. The second kappa shape index (κ2) is 6.71. The molecule has 9 heteroatoms. The molecule has 0 spiro atoms. The summed E-state index contributed by atoms with van der Waals surface area (Å²) < 4.78 is 41.4. The number of amides is 1. The molecule has 0 radical (unpaired) electrons. The molecule has 6 nitrogen and oxygen atoms in total. The Hall–Kier alpha value is -3.23. The molecule has 0 saturated carbocycles. The third-order valence-corrected chi connectivity index (χ3v) is 3.23. The Balaban J connectivity index is 1.64. The van der Waals surface area contributed by atoms with Gasteiger partial charge < -0.3 is 9.84 Å². The van der Waals surface area contributed by atoms with Crippen molar-refractivity contribution in [1.29, 1.82) is 0 Å². The first kappa shape index (κ1) is 16.6. The molecule has 3 aromatic rings. The van der Waals surface area contributed by atoms with E-state index in [9.17, 15) is 18.0 Å². The second-order valence-corrected chi connectivity index (χ2v) is 5.08. The molecule has 2 heterocycles. The first-order valence-electron chi connectivity index (χ1n) is 7.12. The van der Waals surface area contributed by atoms with Crippen LogP contribution in [0, 0.1) is 0 Å². The van der Waals surface area contributed by atoms with E-state index in [2.05, 4.69) is 25.0 Å². The SMILES string of the molecule is O=C(Nc1ccc(Cc2noc(C(F)(F)F)n2)cc1)c1ccncc1. The Morgan fingerprint density at radius 2 is 1.76 bits per heavy atom. The van der Waals surface area contributed by atoms with Gasteiger partial charge in [-0.05, 0) is 29.8 Å². The molecule has 1 aromatic carbocycles. The largest absolute Gasteiger partial charge is 0.471 e. The van der Waals surface area contributed by atoms with Crippen molar-refractivity contribution < 1.29 is 22.5 Å². The third-order valence-electron chi connectivity index (χ3n) is 3.23. The topological polar surface area (TPSA) is 80.9 Å². The van der Waals surface area contributed by atoms with Crippen molar-refractivity contribution in [2.24, 2.45) is 0 Å². The van der Waals surface area contributed by atoms with Gasteiger partial charge in [-0.15, -0.1) is 0 Å². The maximum atomic E-state index is 12.4. The fourth-order valence-corrected chi connectivity index (χ4v) is 2.04. The normalized spacial score (nSPS) is 11.3. The van der Waals surface area contributed by atoms with E-state index in [1.54, 1.807) is 36.4 Å². The van der Waals surface area contributed by atoms with Crippen molar-refractivity contribution in [2.45, 2.75) is 12.6 Å². The minimum absolute atomic E-state index is 0.0686. The predicted molar refractivity (Wildman–Crippen MR) is 80.7 cm³/mol. The highest BCUT2D eigenvalue weighted by molar-refractivity contribution is 6.04. The first-order valence-corrected chi connectivity index (χ1v) is 7.12. The van der Waals surface area contributed by atoms with E-state index in [-0.39, 0.29) is 18.2 Å². The van der Waals surface area contributed by atoms with Crippen LogP contribution in [0.5, 0.6) is 0 Å². The molecule has 0 aliphatic rings. The Morgan fingerprint density at radius 3 is 2.36 bits per heavy atom. The molecule has 0 fully saturated rings. The number of nitrogens with one attached hydrogen (secondary N) is 1. The van der Waals surface area contributed by atoms with E-state index in [4.69, 9.17) is 0 Å². The lowest BCUT2D eigenvalue weighted by molar-refractivity contribution is -0.159. The molecule has 0 aliphatic heterocycles. The second-order valence-electron chi connectivity index (χ2n) is 5.08. The van der Waals surface area contributed by atoms with E-state index >= 15 is 0 Å². The number of alkyl halides is 3. The lowest BCUT2D eigenvalue weighted by Gasteiger charge is -2.06. The molecule has 0 bridgehead atoms. The van der Waals surface area contributed by atoms with E-state index in [0.717, 1.165) is 0 Å². The smallest absolute Gasteiger partial charge is 0.329 e. The Kier molecular flexibility index (Phi) is 4.46. The molecule has 1 N–H and O–H groups in total. The summed E-state index contributed by atoms with van der Waals surface area (Å²) in [6.07, 6.45) is -1.55. The maximum Gasteiger partial charge on any atom is 0.471 e. The molecule has 0 unspecified atom stereocenters. The number of nitrogens with zero attached hydrogens (tertiary/aromatic N) is 3. The number of carbonyl (C=O) groups excluding carboxylic acids is 1. The molecular weight excluding hydrogens is 337 g/mol. The highest BCUT2D eigenvalue weighted by Crippen LogP contribution is 2.27. The van der Waals surface area contributed by atoms with Gasteiger partial charge in [-0.25, -0.2) is 0 Å². The van der Waals surface area contributed by atoms with E-state index in [1.807, 2.05) is 0 Å². The van der Waals surface area contributed by atoms with Crippen LogP contribution < -0.4 is 5.32 Å². The zero-order valence-electron chi connectivity index (χ0n) is 12.6. The number of pyridine rings is 1. The number of benzene rings is 1. The zero-order valence-corrected chi connectivity index (χ0v) is 12.6. The summed E-state index contributed by atoms with van der Waals surface area (Å²) in [5.41, 5.74) is 1.69. The summed E-state index contributed by atoms with van der Waals surface area (Å²) in [7, 11) is 0. The average molecular weight is 348 g/mol. The Labute approximate surface area is 139 Å². The summed E-state index contributed by atoms with van der Waals surface area (Å²) in [6, 6.07) is 9.76. The van der Waals surface area contributed by atoms with Crippen molar-refractivity contribution in [1.82, 2.24) is 15.1 Å². The lowest BCUT2D eigenvalue weighted by Crippen LogP contribution is -2.11. The third kappa shape index (κ3) is 4.19. The van der Waals surface area contributed by atoms with Gasteiger partial charge in [0, 0.05) is 30.1 Å². The van der Waals surface area contributed by atoms with Gasteiger partial charge in [-0.1, -0.05) is 17.3 Å². The lowest BCUT2D eigenvalue weighted by atomic mass is 10.1. The first-order chi connectivity index (χ1) is 11.9. The van der Waals surface area contributed by atoms with Crippen LogP contribution in [0.2, 0.25) is 0 Å². The van der Waals surface area contributed by atoms with Crippen LogP contribution in [0.3, 0.4) is 0 Å². The van der Waals surface area contributed by atoms with Crippen LogP contribution in [0.25, 0.3) is 0 Å². The van der Waals surface area contributed by atoms with Gasteiger partial charge in [0.25, 0.3) is 5.91 Å². The minimum Gasteiger partial charge on any atom is -0.329 e. The number of anilines is 1. The maximum absolute atomic E-state index is 12.4. The van der Waals surface area contributed by atoms with Gasteiger partial charge in [-0.2, -0.15) is 18.2 Å². The molecule has 0 atom stereocenters. The van der Waals surface area contributed by atoms with Gasteiger partial charge >= 0.3 is 12.1 Å². The molecule has 128 valence electrons. The van der Waals surface area contributed by atoms with Crippen LogP contribution in [-0.2, 0) is 12.6 Å². The van der Waals surface area contributed by atoms with E-state index in [1.165, 1.54) is 12.4 Å². The van der Waals surface area contributed by atoms with Crippen LogP contribution in [0.4, 0.5) is 18.9 Å². The molecule has 2 aromatic heterocycles. The monoisotopic (exact) mass is 348 g/mol. The fourth-order valence-electron chi connectivity index (χ4n) is 2.04. The summed E-state index contributed by atoms with van der Waals surface area (Å²) in [4.78, 5) is 19.2. The molecule has 25 heavy (non-hydrogen) atoms. The van der Waals surface area contributed by atoms with Crippen molar-refractivity contribution in [3.05, 3.63) is 71.6 Å². The van der Waals surface area contributed by atoms with Gasteiger partial charge in [0.1, 0.15) is 0 Å². The summed E-state index contributed by atoms with van der Waals surface area (Å²) in [6.45, 7) is 0. The fraction of sp³-hybridized carbons (Fsp3) is 0.125. The van der Waals surface area contributed by atoms with Crippen molar-refractivity contribution in [3.8, 4) is 0 Å². The summed E-state index contributed by atoms with van der Waals surface area (Å²) >= 11 is 0. The Morgan fingerprint density at radius 1 is 1.08 bits per heavy atom. The number of hydrogen-bond acceptors (Lipinski definition) is 5. The highest BCUT2D eigenvalue weighted by atomic mass is 19.4. The minimum atomic E-state index is -4.66. The summed E-state index contributed by atoms with van der Waals surface area (Å²) in [5, 5.41) is 6.01. The number of hydrogen-bond donors (Lipinski definition) is 1. The number of rotatable bonds is 4. The highest BCUT2D eigenvalue weighted by Gasteiger charge is 2.38. The average Bonchev–Trinajstić information content (AvgIpc) is 3.06. The van der Waals surface area contributed by atoms with Crippen molar-refractivity contribution in [3.63, 3.8) is 0 Å². The van der Waals surface area contributed by atoms with Crippen molar-refractivity contribution in [2.75, 3.05) is 5.32 Å². The van der Waals surface area contributed by atoms with E-state index < -0.39 is 12.1 Å². The van der Waals surface area contributed by atoms with Crippen LogP contribution in [-0.4, -0.2) is 21.0 Å². The molecule has 1 amide bonds. The van der Waals surface area contributed by atoms with Crippen molar-refractivity contribution >= 4 is 11.6 Å². The van der Waals surface area contributed by atoms with Gasteiger partial charge in [0.15, 0.2) is 5.82 Å². The molecular formula is C16H11F3N4O2. The predicted octanol–water partition coefficient (Wildman–Crippen LogP) is 3.33. The quantitative estimate of drug-likeness (QED) is 0.782. The molecule has 0 aliphatic carbocycles. The molecule has 0 saturated heterocycles. The summed E-state index contributed by atoms with van der Waals surface area (Å²) in [5.74, 6) is -1.73. The number of carbonyl (C=O) groups is 1. The number of aromatic nitrogens is 3. The van der Waals surface area contributed by atoms with Crippen LogP contribution >= 0.6 is 0 Å². The van der Waals surface area contributed by atoms with E-state index in [0.29, 0.717) is 16.8 Å². The van der Waals surface area contributed by atoms with Gasteiger partial charge in [-0.3, -0.25) is 9.78 Å². The van der Waals surface area contributed by atoms with Crippen LogP contribution in [0.1, 0.15) is 27.6 Å². The van der Waals surface area contributed by atoms with Crippen LogP contribution in [0.15, 0.2) is 53.3 Å².